The highest BCUT2D eigenvalue weighted by atomic mass is 32.1. The number of rotatable bonds is 29. The lowest BCUT2D eigenvalue weighted by Crippen LogP contribution is -2.62. The van der Waals surface area contributed by atoms with Crippen LogP contribution < -0.4 is 54.4 Å². The number of benzene rings is 2. The third-order valence-electron chi connectivity index (χ3n) is 10.3. The van der Waals surface area contributed by atoms with Gasteiger partial charge >= 0.3 is 11.9 Å². The van der Waals surface area contributed by atoms with E-state index in [0.29, 0.717) is 17.5 Å². The standard InChI is InChI=1S/C43H63N11O12S/c1-4-23(2)34(54-41(64)35(24(3)55)53-32(56)21-44)40(63)51-29(19-26-14-9-6-10-15-26)38(61)49-28(18-25-12-7-5-8-13-25)37(60)48-27(16-11-17-47-43(45)46)36(59)50-30(20-33(57)58)39(62)52-31(22-67)42(65)66/h5-10,12-15,23-24,27-31,34-35,55,67H,4,11,16-22,44H2,1-3H3,(H,48,60)(H,49,61)(H,50,59)(H,51,63)(H,52,62)(H,53,56)(H,54,64)(H,57,58)(H,65,66)(H4,45,46,47)/t23-,24+,27-,28-,29-,30-,31-,34-,35-/m0/s1. The van der Waals surface area contributed by atoms with Crippen LogP contribution in [0, 0.1) is 5.92 Å². The molecule has 0 spiro atoms. The van der Waals surface area contributed by atoms with Crippen molar-refractivity contribution in [2.75, 3.05) is 18.8 Å². The number of nitrogens with one attached hydrogen (secondary N) is 7. The molecule has 0 aliphatic carbocycles. The Bertz CT molecular complexity index is 2030. The van der Waals surface area contributed by atoms with Gasteiger partial charge in [0.05, 0.1) is 19.1 Å². The first kappa shape index (κ1) is 56.3. The zero-order chi connectivity index (χ0) is 50.2. The number of nitrogens with two attached hydrogens (primary N) is 3. The van der Waals surface area contributed by atoms with Gasteiger partial charge in [-0.25, -0.2) is 4.79 Å². The Kier molecular flexibility index (Phi) is 24.4. The summed E-state index contributed by atoms with van der Waals surface area (Å²) >= 11 is 3.90. The van der Waals surface area contributed by atoms with Crippen LogP contribution in [0.2, 0.25) is 0 Å². The maximum atomic E-state index is 14.5. The molecule has 16 N–H and O–H groups in total. The predicted molar refractivity (Wildman–Crippen MR) is 248 cm³/mol. The molecule has 0 saturated carbocycles. The number of aliphatic carboxylic acids is 2. The van der Waals surface area contributed by atoms with E-state index in [2.05, 4.69) is 54.8 Å². The van der Waals surface area contributed by atoms with Gasteiger partial charge in [-0.05, 0) is 36.8 Å². The van der Waals surface area contributed by atoms with E-state index >= 15 is 0 Å². The minimum Gasteiger partial charge on any atom is -0.481 e. The number of hydrogen-bond donors (Lipinski definition) is 14. The molecule has 0 saturated heterocycles. The maximum absolute atomic E-state index is 14.5. The van der Waals surface area contributed by atoms with Crippen LogP contribution in [-0.2, 0) is 56.0 Å². The van der Waals surface area contributed by atoms with Crippen LogP contribution in [0.15, 0.2) is 65.7 Å². The van der Waals surface area contributed by atoms with Gasteiger partial charge in [0.1, 0.15) is 42.3 Å². The van der Waals surface area contributed by atoms with Crippen LogP contribution in [-0.4, -0.2) is 142 Å². The molecule has 0 unspecified atom stereocenters. The second-order valence-electron chi connectivity index (χ2n) is 15.6. The Morgan fingerprint density at radius 1 is 0.627 bits per heavy atom. The molecule has 0 heterocycles. The number of amides is 7. The zero-order valence-corrected chi connectivity index (χ0v) is 38.4. The summed E-state index contributed by atoms with van der Waals surface area (Å²) in [5.74, 6) is -10.6. The van der Waals surface area contributed by atoms with Crippen molar-refractivity contribution >= 4 is 71.9 Å². The van der Waals surface area contributed by atoms with Crippen molar-refractivity contribution in [3.63, 3.8) is 0 Å². The second kappa shape index (κ2) is 29.0. The van der Waals surface area contributed by atoms with Gasteiger partial charge in [-0.2, -0.15) is 12.6 Å². The van der Waals surface area contributed by atoms with Crippen LogP contribution in [0.1, 0.15) is 57.6 Å². The first-order chi connectivity index (χ1) is 31.7. The lowest BCUT2D eigenvalue weighted by Gasteiger charge is -2.30. The molecule has 0 aliphatic heterocycles. The molecule has 2 rings (SSSR count). The molecular weight excluding hydrogens is 895 g/mol. The number of aliphatic imine (C=N–C) groups is 1. The number of carboxylic acid groups (broad SMARTS) is 2. The Hall–Kier alpha value is -6.79. The van der Waals surface area contributed by atoms with Crippen molar-refractivity contribution in [3.05, 3.63) is 71.8 Å². The van der Waals surface area contributed by atoms with Gasteiger partial charge in [0, 0.05) is 25.1 Å². The van der Waals surface area contributed by atoms with E-state index in [-0.39, 0.29) is 43.9 Å². The molecule has 24 heteroatoms. The molecule has 0 aliphatic rings. The normalized spacial score (nSPS) is 14.9. The van der Waals surface area contributed by atoms with E-state index in [4.69, 9.17) is 17.2 Å². The topological polar surface area (TPSA) is 389 Å². The summed E-state index contributed by atoms with van der Waals surface area (Å²) in [6, 6.07) is 6.54. The minimum absolute atomic E-state index is 0.0194. The van der Waals surface area contributed by atoms with Crippen molar-refractivity contribution in [2.24, 2.45) is 28.1 Å². The van der Waals surface area contributed by atoms with E-state index in [1.165, 1.54) is 6.92 Å². The van der Waals surface area contributed by atoms with Crippen LogP contribution in [0.5, 0.6) is 0 Å². The monoisotopic (exact) mass is 957 g/mol. The van der Waals surface area contributed by atoms with Crippen LogP contribution in [0.25, 0.3) is 0 Å². The summed E-state index contributed by atoms with van der Waals surface area (Å²) in [5.41, 5.74) is 17.4. The van der Waals surface area contributed by atoms with Gasteiger partial charge in [-0.1, -0.05) is 80.9 Å². The molecule has 0 fully saturated rings. The van der Waals surface area contributed by atoms with Crippen molar-refractivity contribution in [1.82, 2.24) is 37.2 Å². The average molecular weight is 958 g/mol. The minimum atomic E-state index is -1.81. The smallest absolute Gasteiger partial charge is 0.327 e. The van der Waals surface area contributed by atoms with Gasteiger partial charge in [0.15, 0.2) is 5.96 Å². The number of hydrogen-bond acceptors (Lipinski definition) is 13. The number of carbonyl (C=O) groups is 9. The van der Waals surface area contributed by atoms with Gasteiger partial charge in [0.25, 0.3) is 0 Å². The first-order valence-corrected chi connectivity index (χ1v) is 22.0. The second-order valence-corrected chi connectivity index (χ2v) is 16.0. The molecule has 23 nitrogen and oxygen atoms in total. The summed E-state index contributed by atoms with van der Waals surface area (Å²) < 4.78 is 0. The number of guanidine groups is 1. The largest absolute Gasteiger partial charge is 0.481 e. The number of carboxylic acids is 2. The summed E-state index contributed by atoms with van der Waals surface area (Å²) in [4.78, 5) is 123. The number of nitrogens with zero attached hydrogens (tertiary/aromatic N) is 1. The third kappa shape index (κ3) is 20.1. The molecule has 67 heavy (non-hydrogen) atoms. The van der Waals surface area contributed by atoms with Gasteiger partial charge in [0.2, 0.25) is 41.4 Å². The third-order valence-corrected chi connectivity index (χ3v) is 10.6. The predicted octanol–water partition coefficient (Wildman–Crippen LogP) is -3.21. The van der Waals surface area contributed by atoms with E-state index in [1.807, 2.05) is 0 Å². The maximum Gasteiger partial charge on any atom is 0.327 e. The summed E-state index contributed by atoms with van der Waals surface area (Å²) in [7, 11) is 0. The quantitative estimate of drug-likeness (QED) is 0.0165. The van der Waals surface area contributed by atoms with E-state index in [0.717, 1.165) is 0 Å². The highest BCUT2D eigenvalue weighted by Crippen LogP contribution is 2.13. The van der Waals surface area contributed by atoms with E-state index < -0.39 is 121 Å². The Morgan fingerprint density at radius 2 is 1.07 bits per heavy atom. The summed E-state index contributed by atoms with van der Waals surface area (Å²) in [6.07, 6.45) is -2.37. The number of aliphatic hydroxyl groups is 1. The van der Waals surface area contributed by atoms with Crippen molar-refractivity contribution in [2.45, 2.75) is 108 Å². The molecule has 2 aromatic carbocycles. The van der Waals surface area contributed by atoms with Crippen LogP contribution >= 0.6 is 12.6 Å². The highest BCUT2D eigenvalue weighted by Gasteiger charge is 2.36. The molecule has 9 atom stereocenters. The SMILES string of the molecule is CC[C@H](C)[C@H](NC(=O)[C@@H](NC(=O)CN)[C@@H](C)O)C(=O)N[C@@H](Cc1ccccc1)C(=O)N[C@@H](Cc1ccccc1)C(=O)N[C@@H](CCCN=C(N)N)C(=O)N[C@@H](CC(=O)O)C(=O)N[C@@H](CS)C(=O)O. The zero-order valence-electron chi connectivity index (χ0n) is 37.5. The number of aliphatic hydroxyl groups excluding tert-OH is 1. The fourth-order valence-electron chi connectivity index (χ4n) is 6.39. The molecule has 0 radical (unpaired) electrons. The summed E-state index contributed by atoms with van der Waals surface area (Å²) in [6.45, 7) is 4.20. The molecule has 2 aromatic rings. The fourth-order valence-corrected chi connectivity index (χ4v) is 6.64. The van der Waals surface area contributed by atoms with Gasteiger partial charge in [-0.15, -0.1) is 0 Å². The number of carbonyl (C=O) groups excluding carboxylic acids is 7. The van der Waals surface area contributed by atoms with E-state index in [1.54, 1.807) is 74.5 Å². The molecular formula is C43H63N11O12S. The van der Waals surface area contributed by atoms with Crippen LogP contribution in [0.4, 0.5) is 0 Å². The van der Waals surface area contributed by atoms with Crippen molar-refractivity contribution in [3.8, 4) is 0 Å². The molecule has 7 amide bonds. The first-order valence-electron chi connectivity index (χ1n) is 21.4. The Labute approximate surface area is 393 Å². The van der Waals surface area contributed by atoms with Crippen molar-refractivity contribution in [1.29, 1.82) is 0 Å². The molecule has 0 bridgehead atoms. The average Bonchev–Trinajstić information content (AvgIpc) is 3.28. The molecule has 0 aromatic heterocycles. The molecule has 368 valence electrons. The van der Waals surface area contributed by atoms with Crippen molar-refractivity contribution < 1.29 is 58.5 Å². The van der Waals surface area contributed by atoms with E-state index in [9.17, 15) is 58.5 Å². The van der Waals surface area contributed by atoms with Crippen LogP contribution in [0.3, 0.4) is 0 Å². The summed E-state index contributed by atoms with van der Waals surface area (Å²) in [5, 5.41) is 46.5. The Morgan fingerprint density at radius 3 is 1.52 bits per heavy atom. The lowest BCUT2D eigenvalue weighted by molar-refractivity contribution is -0.143. The fraction of sp³-hybridized carbons (Fsp3) is 0.488. The van der Waals surface area contributed by atoms with Gasteiger partial charge < -0.3 is 69.7 Å². The highest BCUT2D eigenvalue weighted by molar-refractivity contribution is 7.80. The Balaban J connectivity index is 2.57. The lowest BCUT2D eigenvalue weighted by atomic mass is 9.96. The number of thiol groups is 1. The van der Waals surface area contributed by atoms with Gasteiger partial charge in [-0.3, -0.25) is 43.3 Å².